The number of halogens is 3. The number of nitrogens with one attached hydrogen (secondary N) is 3. The van der Waals surface area contributed by atoms with Gasteiger partial charge in [0, 0.05) is 18.3 Å². The second kappa shape index (κ2) is 5.16. The zero-order valence-electron chi connectivity index (χ0n) is 9.71. The summed E-state index contributed by atoms with van der Waals surface area (Å²) in [6.07, 6.45) is -2.33. The first-order chi connectivity index (χ1) is 8.67. The number of alkyl halides is 3. The third-order valence-electron chi connectivity index (χ3n) is 2.37. The molecule has 1 aromatic heterocycles. The van der Waals surface area contributed by atoms with E-state index in [1.807, 2.05) is 0 Å². The first-order valence-corrected chi connectivity index (χ1v) is 5.00. The van der Waals surface area contributed by atoms with Crippen LogP contribution in [-0.2, 0) is 11.3 Å². The molecule has 0 fully saturated rings. The van der Waals surface area contributed by atoms with Gasteiger partial charge in [-0.15, -0.1) is 0 Å². The van der Waals surface area contributed by atoms with Crippen molar-refractivity contribution in [2.24, 2.45) is 0 Å². The fourth-order valence-electron chi connectivity index (χ4n) is 1.07. The molecule has 19 heavy (non-hydrogen) atoms. The summed E-state index contributed by atoms with van der Waals surface area (Å²) in [5, 5.41) is 18.1. The van der Waals surface area contributed by atoms with Crippen LogP contribution in [0.1, 0.15) is 12.5 Å². The summed E-state index contributed by atoms with van der Waals surface area (Å²) < 4.78 is 37.8. The molecule has 1 rings (SSSR count). The molecular weight excluding hydrogens is 269 g/mol. The zero-order valence-corrected chi connectivity index (χ0v) is 9.71. The Morgan fingerprint density at radius 2 is 2.11 bits per heavy atom. The highest BCUT2D eigenvalue weighted by molar-refractivity contribution is 5.86. The summed E-state index contributed by atoms with van der Waals surface area (Å²) in [6.45, 7) is 0.280. The average Bonchev–Trinajstić information content (AvgIpc) is 2.77. The second-order valence-electron chi connectivity index (χ2n) is 3.84. The molecule has 0 saturated heterocycles. The van der Waals surface area contributed by atoms with Crippen LogP contribution in [0, 0.1) is 0 Å². The van der Waals surface area contributed by atoms with Gasteiger partial charge in [-0.2, -0.15) is 18.3 Å². The molecule has 0 aliphatic carbocycles. The molecule has 0 radical (unpaired) electrons. The molecule has 0 aliphatic heterocycles. The van der Waals surface area contributed by atoms with Gasteiger partial charge in [0.1, 0.15) is 0 Å². The van der Waals surface area contributed by atoms with Crippen molar-refractivity contribution in [2.45, 2.75) is 25.2 Å². The molecule has 10 heteroatoms. The fourth-order valence-corrected chi connectivity index (χ4v) is 1.07. The predicted molar refractivity (Wildman–Crippen MR) is 56.1 cm³/mol. The van der Waals surface area contributed by atoms with E-state index in [2.05, 4.69) is 15.5 Å². The van der Waals surface area contributed by atoms with E-state index in [1.165, 1.54) is 17.7 Å². The van der Waals surface area contributed by atoms with E-state index >= 15 is 0 Å². The number of aromatic nitrogens is 2. The number of hydrogen-bond acceptors (Lipinski definition) is 3. The van der Waals surface area contributed by atoms with Gasteiger partial charge in [-0.25, -0.2) is 9.59 Å². The molecule has 0 bridgehead atoms. The SMILES string of the molecule is CC(NC(=O)NCc1cn[nH]c1)(C(=O)O)C(F)(F)F. The number of carbonyl (C=O) groups excluding carboxylic acids is 1. The maximum atomic E-state index is 12.6. The van der Waals surface area contributed by atoms with Crippen molar-refractivity contribution in [3.8, 4) is 0 Å². The van der Waals surface area contributed by atoms with Crippen LogP contribution in [0.3, 0.4) is 0 Å². The van der Waals surface area contributed by atoms with Crippen LogP contribution in [0.2, 0.25) is 0 Å². The predicted octanol–water partition coefficient (Wildman–Crippen LogP) is 0.614. The Balaban J connectivity index is 2.65. The van der Waals surface area contributed by atoms with Gasteiger partial charge in [0.05, 0.1) is 6.20 Å². The quantitative estimate of drug-likeness (QED) is 0.648. The van der Waals surface area contributed by atoms with Crippen LogP contribution in [0.4, 0.5) is 18.0 Å². The number of nitrogens with zero attached hydrogens (tertiary/aromatic N) is 1. The number of carboxylic acids is 1. The molecular formula is C9H11F3N4O3. The molecule has 1 aromatic rings. The third-order valence-corrected chi connectivity index (χ3v) is 2.37. The zero-order chi connectivity index (χ0) is 14.7. The maximum absolute atomic E-state index is 12.6. The number of hydrogen-bond donors (Lipinski definition) is 4. The number of urea groups is 1. The molecule has 0 aliphatic rings. The van der Waals surface area contributed by atoms with Crippen molar-refractivity contribution < 1.29 is 27.9 Å². The van der Waals surface area contributed by atoms with E-state index in [0.29, 0.717) is 12.5 Å². The van der Waals surface area contributed by atoms with Gasteiger partial charge in [0.15, 0.2) is 0 Å². The van der Waals surface area contributed by atoms with Crippen molar-refractivity contribution in [3.05, 3.63) is 18.0 Å². The number of H-pyrrole nitrogens is 1. The van der Waals surface area contributed by atoms with Crippen molar-refractivity contribution in [1.82, 2.24) is 20.8 Å². The molecule has 1 unspecified atom stereocenters. The van der Waals surface area contributed by atoms with Crippen LogP contribution in [0.25, 0.3) is 0 Å². The normalized spacial score (nSPS) is 14.5. The third kappa shape index (κ3) is 3.36. The fraction of sp³-hybridized carbons (Fsp3) is 0.444. The average molecular weight is 280 g/mol. The monoisotopic (exact) mass is 280 g/mol. The van der Waals surface area contributed by atoms with Crippen LogP contribution in [0.5, 0.6) is 0 Å². The van der Waals surface area contributed by atoms with Gasteiger partial charge in [-0.3, -0.25) is 5.10 Å². The van der Waals surface area contributed by atoms with Crippen LogP contribution >= 0.6 is 0 Å². The highest BCUT2D eigenvalue weighted by atomic mass is 19.4. The number of aromatic amines is 1. The minimum absolute atomic E-state index is 0.0874. The first-order valence-electron chi connectivity index (χ1n) is 5.00. The lowest BCUT2D eigenvalue weighted by Gasteiger charge is -2.28. The molecule has 106 valence electrons. The minimum atomic E-state index is -5.12. The number of amides is 2. The summed E-state index contributed by atoms with van der Waals surface area (Å²) in [5.74, 6) is -2.20. The Hall–Kier alpha value is -2.26. The number of carboxylic acid groups (broad SMARTS) is 1. The molecule has 1 heterocycles. The standard InChI is InChI=1S/C9H11F3N4O3/c1-8(6(17)18,9(10,11)12)16-7(19)13-2-5-3-14-15-4-5/h3-4H,2H2,1H3,(H,14,15)(H,17,18)(H2,13,16,19). The van der Waals surface area contributed by atoms with E-state index < -0.39 is 23.7 Å². The van der Waals surface area contributed by atoms with Gasteiger partial charge in [-0.1, -0.05) is 0 Å². The van der Waals surface area contributed by atoms with Gasteiger partial charge in [0.2, 0.25) is 5.54 Å². The maximum Gasteiger partial charge on any atom is 0.422 e. The number of rotatable bonds is 4. The van der Waals surface area contributed by atoms with Gasteiger partial charge < -0.3 is 15.7 Å². The summed E-state index contributed by atoms with van der Waals surface area (Å²) in [4.78, 5) is 21.9. The lowest BCUT2D eigenvalue weighted by atomic mass is 10.0. The van der Waals surface area contributed by atoms with Gasteiger partial charge in [-0.05, 0) is 6.92 Å². The van der Waals surface area contributed by atoms with Crippen molar-refractivity contribution in [1.29, 1.82) is 0 Å². The van der Waals surface area contributed by atoms with Crippen molar-refractivity contribution in [3.63, 3.8) is 0 Å². The molecule has 2 amide bonds. The van der Waals surface area contributed by atoms with Crippen LogP contribution < -0.4 is 10.6 Å². The minimum Gasteiger partial charge on any atom is -0.479 e. The molecule has 0 saturated carbocycles. The number of aliphatic carboxylic acids is 1. The summed E-state index contributed by atoms with van der Waals surface area (Å²) in [7, 11) is 0. The Labute approximate surface area is 105 Å². The largest absolute Gasteiger partial charge is 0.479 e. The summed E-state index contributed by atoms with van der Waals surface area (Å²) >= 11 is 0. The van der Waals surface area contributed by atoms with Crippen molar-refractivity contribution >= 4 is 12.0 Å². The highest BCUT2D eigenvalue weighted by Crippen LogP contribution is 2.30. The highest BCUT2D eigenvalue weighted by Gasteiger charge is 2.58. The van der Waals surface area contributed by atoms with E-state index in [0.717, 1.165) is 0 Å². The van der Waals surface area contributed by atoms with Crippen molar-refractivity contribution in [2.75, 3.05) is 0 Å². The topological polar surface area (TPSA) is 107 Å². The Bertz CT molecular complexity index is 460. The molecule has 0 spiro atoms. The number of carbonyl (C=O) groups is 2. The lowest BCUT2D eigenvalue weighted by Crippen LogP contribution is -2.63. The van der Waals surface area contributed by atoms with Gasteiger partial charge >= 0.3 is 18.2 Å². The second-order valence-corrected chi connectivity index (χ2v) is 3.84. The van der Waals surface area contributed by atoms with E-state index in [9.17, 15) is 22.8 Å². The van der Waals surface area contributed by atoms with Gasteiger partial charge in [0.25, 0.3) is 0 Å². The first kappa shape index (κ1) is 14.8. The van der Waals surface area contributed by atoms with E-state index in [-0.39, 0.29) is 6.54 Å². The summed E-state index contributed by atoms with van der Waals surface area (Å²) in [6, 6.07) is -1.25. The summed E-state index contributed by atoms with van der Waals surface area (Å²) in [5.41, 5.74) is -2.83. The lowest BCUT2D eigenvalue weighted by molar-refractivity contribution is -0.203. The van der Waals surface area contributed by atoms with Crippen LogP contribution in [-0.4, -0.2) is 39.0 Å². The molecule has 1 atom stereocenters. The Kier molecular flexibility index (Phi) is 4.02. The van der Waals surface area contributed by atoms with E-state index in [4.69, 9.17) is 5.11 Å². The molecule has 7 nitrogen and oxygen atoms in total. The smallest absolute Gasteiger partial charge is 0.422 e. The Morgan fingerprint density at radius 1 is 1.47 bits per heavy atom. The molecule has 0 aromatic carbocycles. The van der Waals surface area contributed by atoms with Crippen LogP contribution in [0.15, 0.2) is 12.4 Å². The van der Waals surface area contributed by atoms with E-state index in [1.54, 1.807) is 0 Å². The Morgan fingerprint density at radius 3 is 2.53 bits per heavy atom. The molecule has 4 N–H and O–H groups in total.